The molecule has 1 amide bonds. The van der Waals surface area contributed by atoms with Gasteiger partial charge in [-0.05, 0) is 42.3 Å². The fraction of sp³-hybridized carbons (Fsp3) is 0.167. The van der Waals surface area contributed by atoms with E-state index in [0.29, 0.717) is 27.4 Å². The predicted molar refractivity (Wildman–Crippen MR) is 128 cm³/mol. The van der Waals surface area contributed by atoms with Gasteiger partial charge in [-0.1, -0.05) is 43.3 Å². The van der Waals surface area contributed by atoms with Crippen LogP contribution in [0.4, 0.5) is 5.13 Å². The number of hydrogen-bond acceptors (Lipinski definition) is 5. The number of amides is 1. The number of allylic oxidation sites excluding steroid dienone is 1. The van der Waals surface area contributed by atoms with Crippen LogP contribution in [0.15, 0.2) is 66.3 Å². The van der Waals surface area contributed by atoms with E-state index >= 15 is 0 Å². The van der Waals surface area contributed by atoms with E-state index in [1.807, 2.05) is 35.7 Å². The highest BCUT2D eigenvalue weighted by Gasteiger charge is 2.08. The fourth-order valence-corrected chi connectivity index (χ4v) is 3.61. The number of aromatic nitrogens is 1. The van der Waals surface area contributed by atoms with Gasteiger partial charge in [0.2, 0.25) is 5.91 Å². The summed E-state index contributed by atoms with van der Waals surface area (Å²) in [5.41, 5.74) is 2.53. The summed E-state index contributed by atoms with van der Waals surface area (Å²) in [5.74, 6) is 1.59. The Bertz CT molecular complexity index is 1090. The summed E-state index contributed by atoms with van der Waals surface area (Å²) >= 11 is 7.28. The first-order valence-electron chi connectivity index (χ1n) is 9.72. The van der Waals surface area contributed by atoms with Crippen LogP contribution in [0.25, 0.3) is 17.3 Å². The van der Waals surface area contributed by atoms with Crippen molar-refractivity contribution in [3.05, 3.63) is 76.8 Å². The highest BCUT2D eigenvalue weighted by Crippen LogP contribution is 2.30. The molecule has 0 radical (unpaired) electrons. The van der Waals surface area contributed by atoms with E-state index < -0.39 is 0 Å². The number of hydrogen-bond donors (Lipinski definition) is 1. The Morgan fingerprint density at radius 2 is 2.00 bits per heavy atom. The molecule has 31 heavy (non-hydrogen) atoms. The maximum absolute atomic E-state index is 12.3. The molecule has 0 spiro atoms. The first kappa shape index (κ1) is 22.6. The third-order valence-electron chi connectivity index (χ3n) is 4.27. The van der Waals surface area contributed by atoms with Crippen molar-refractivity contribution in [2.75, 3.05) is 12.4 Å². The van der Waals surface area contributed by atoms with Gasteiger partial charge in [-0.25, -0.2) is 4.98 Å². The topological polar surface area (TPSA) is 60.5 Å². The Kier molecular flexibility index (Phi) is 7.87. The Labute approximate surface area is 191 Å². The lowest BCUT2D eigenvalue weighted by molar-refractivity contribution is -0.111. The molecule has 0 saturated carbocycles. The van der Waals surface area contributed by atoms with Gasteiger partial charge < -0.3 is 9.47 Å². The highest BCUT2D eigenvalue weighted by atomic mass is 35.5. The van der Waals surface area contributed by atoms with E-state index in [-0.39, 0.29) is 5.91 Å². The average molecular weight is 455 g/mol. The van der Waals surface area contributed by atoms with Gasteiger partial charge in [-0.2, -0.15) is 0 Å². The Balaban J connectivity index is 1.63. The summed E-state index contributed by atoms with van der Waals surface area (Å²) in [6, 6.07) is 12.9. The Morgan fingerprint density at radius 1 is 1.23 bits per heavy atom. The van der Waals surface area contributed by atoms with Crippen molar-refractivity contribution >= 4 is 40.1 Å². The number of rotatable bonds is 9. The van der Waals surface area contributed by atoms with Gasteiger partial charge in [-0.3, -0.25) is 10.1 Å². The minimum Gasteiger partial charge on any atom is -0.493 e. The SMILES string of the molecule is C=C(CCC)Oc1ccc(/C=C/C(=O)Nc2nc(-c3ccc(Cl)cc3)cs2)cc1OC. The lowest BCUT2D eigenvalue weighted by Gasteiger charge is -2.12. The molecule has 3 rings (SSSR count). The number of nitrogens with zero attached hydrogens (tertiary/aromatic N) is 1. The minimum atomic E-state index is -0.271. The Morgan fingerprint density at radius 3 is 2.71 bits per heavy atom. The number of thiazole rings is 1. The van der Waals surface area contributed by atoms with Crippen LogP contribution in [-0.2, 0) is 4.79 Å². The first-order valence-corrected chi connectivity index (χ1v) is 11.0. The molecule has 0 saturated heterocycles. The molecule has 0 bridgehead atoms. The molecule has 0 aliphatic heterocycles. The van der Waals surface area contributed by atoms with Crippen LogP contribution < -0.4 is 14.8 Å². The zero-order valence-corrected chi connectivity index (χ0v) is 18.9. The second-order valence-corrected chi connectivity index (χ2v) is 7.96. The van der Waals surface area contributed by atoms with Gasteiger partial charge in [0, 0.05) is 28.5 Å². The second-order valence-electron chi connectivity index (χ2n) is 6.67. The molecule has 0 aliphatic rings. The second kappa shape index (κ2) is 10.8. The van der Waals surface area contributed by atoms with Gasteiger partial charge in [-0.15, -0.1) is 11.3 Å². The standard InChI is InChI=1S/C24H23ClN2O3S/c1-4-5-16(2)30-21-12-6-17(14-22(21)29-3)7-13-23(28)27-24-26-20(15-31-24)18-8-10-19(25)11-9-18/h6-15H,2,4-5H2,1,3H3,(H,26,27,28)/b13-7+. The van der Waals surface area contributed by atoms with Crippen LogP contribution in [-0.4, -0.2) is 18.0 Å². The van der Waals surface area contributed by atoms with Crippen LogP contribution in [0, 0.1) is 0 Å². The lowest BCUT2D eigenvalue weighted by Crippen LogP contribution is -2.07. The number of anilines is 1. The number of carbonyl (C=O) groups excluding carboxylic acids is 1. The maximum Gasteiger partial charge on any atom is 0.250 e. The van der Waals surface area contributed by atoms with Crippen molar-refractivity contribution in [3.63, 3.8) is 0 Å². The van der Waals surface area contributed by atoms with Gasteiger partial charge in [0.1, 0.15) is 0 Å². The number of ether oxygens (including phenoxy) is 2. The molecule has 0 fully saturated rings. The van der Waals surface area contributed by atoms with Crippen molar-refractivity contribution in [3.8, 4) is 22.8 Å². The zero-order valence-electron chi connectivity index (χ0n) is 17.4. The van der Waals surface area contributed by atoms with Gasteiger partial charge in [0.15, 0.2) is 16.6 Å². The summed E-state index contributed by atoms with van der Waals surface area (Å²) in [7, 11) is 1.58. The zero-order chi connectivity index (χ0) is 22.2. The molecule has 0 atom stereocenters. The van der Waals surface area contributed by atoms with Crippen molar-refractivity contribution in [2.45, 2.75) is 19.8 Å². The van der Waals surface area contributed by atoms with Crippen LogP contribution in [0.3, 0.4) is 0 Å². The van der Waals surface area contributed by atoms with E-state index in [4.69, 9.17) is 21.1 Å². The van der Waals surface area contributed by atoms with Crippen LogP contribution in [0.5, 0.6) is 11.5 Å². The minimum absolute atomic E-state index is 0.271. The molecule has 1 N–H and O–H groups in total. The molecule has 3 aromatic rings. The maximum atomic E-state index is 12.3. The molecule has 0 aliphatic carbocycles. The number of benzene rings is 2. The van der Waals surface area contributed by atoms with E-state index in [2.05, 4.69) is 23.8 Å². The largest absolute Gasteiger partial charge is 0.493 e. The molecule has 2 aromatic carbocycles. The number of methoxy groups -OCH3 is 1. The van der Waals surface area contributed by atoms with Gasteiger partial charge >= 0.3 is 0 Å². The van der Waals surface area contributed by atoms with E-state index in [9.17, 15) is 4.79 Å². The molecule has 1 heterocycles. The molecule has 160 valence electrons. The number of halogens is 1. The van der Waals surface area contributed by atoms with Crippen molar-refractivity contribution in [1.29, 1.82) is 0 Å². The molecule has 7 heteroatoms. The lowest BCUT2D eigenvalue weighted by atomic mass is 10.2. The first-order chi connectivity index (χ1) is 15.0. The van der Waals surface area contributed by atoms with Gasteiger partial charge in [0.25, 0.3) is 0 Å². The van der Waals surface area contributed by atoms with E-state index in [1.165, 1.54) is 17.4 Å². The summed E-state index contributed by atoms with van der Waals surface area (Å²) < 4.78 is 11.1. The predicted octanol–water partition coefficient (Wildman–Crippen LogP) is 6.82. The normalized spacial score (nSPS) is 10.8. The molecule has 1 aromatic heterocycles. The number of carbonyl (C=O) groups is 1. The fourth-order valence-electron chi connectivity index (χ4n) is 2.76. The Hall–Kier alpha value is -3.09. The summed E-state index contributed by atoms with van der Waals surface area (Å²) in [6.07, 6.45) is 4.89. The molecule has 5 nitrogen and oxygen atoms in total. The monoisotopic (exact) mass is 454 g/mol. The van der Waals surface area contributed by atoms with Crippen LogP contribution in [0.2, 0.25) is 5.02 Å². The third-order valence-corrected chi connectivity index (χ3v) is 5.28. The average Bonchev–Trinajstić information content (AvgIpc) is 3.22. The number of nitrogens with one attached hydrogen (secondary N) is 1. The smallest absolute Gasteiger partial charge is 0.250 e. The van der Waals surface area contributed by atoms with E-state index in [0.717, 1.165) is 29.7 Å². The van der Waals surface area contributed by atoms with Crippen molar-refractivity contribution in [1.82, 2.24) is 4.98 Å². The summed E-state index contributed by atoms with van der Waals surface area (Å²) in [6.45, 7) is 5.97. The third kappa shape index (κ3) is 6.44. The summed E-state index contributed by atoms with van der Waals surface area (Å²) in [5, 5.41) is 5.86. The van der Waals surface area contributed by atoms with Crippen molar-refractivity contribution < 1.29 is 14.3 Å². The van der Waals surface area contributed by atoms with Crippen molar-refractivity contribution in [2.24, 2.45) is 0 Å². The highest BCUT2D eigenvalue weighted by molar-refractivity contribution is 7.14. The van der Waals surface area contributed by atoms with Crippen LogP contribution >= 0.6 is 22.9 Å². The van der Waals surface area contributed by atoms with Crippen LogP contribution in [0.1, 0.15) is 25.3 Å². The molecular formula is C24H23ClN2O3S. The van der Waals surface area contributed by atoms with Gasteiger partial charge in [0.05, 0.1) is 18.6 Å². The molecule has 0 unspecified atom stereocenters. The quantitative estimate of drug-likeness (QED) is 0.284. The molecular weight excluding hydrogens is 432 g/mol. The van der Waals surface area contributed by atoms with E-state index in [1.54, 1.807) is 25.3 Å². The summed E-state index contributed by atoms with van der Waals surface area (Å²) in [4.78, 5) is 16.8.